The number of benzene rings is 1. The molecule has 5 nitrogen and oxygen atoms in total. The Morgan fingerprint density at radius 1 is 1.21 bits per heavy atom. The average molecular weight is 260 g/mol. The minimum atomic E-state index is 0.196. The van der Waals surface area contributed by atoms with Gasteiger partial charge < -0.3 is 14.4 Å². The van der Waals surface area contributed by atoms with Crippen molar-refractivity contribution in [1.29, 1.82) is 0 Å². The van der Waals surface area contributed by atoms with Gasteiger partial charge in [0.2, 0.25) is 11.7 Å². The highest BCUT2D eigenvalue weighted by atomic mass is 16.5. The number of nitrogens with zero attached hydrogens (tertiary/aromatic N) is 2. The van der Waals surface area contributed by atoms with E-state index in [0.29, 0.717) is 18.1 Å². The van der Waals surface area contributed by atoms with Gasteiger partial charge in [-0.1, -0.05) is 5.16 Å². The molecule has 1 saturated heterocycles. The molecule has 1 atom stereocenters. The minimum absolute atomic E-state index is 0.196. The third kappa shape index (κ3) is 2.93. The van der Waals surface area contributed by atoms with Crippen molar-refractivity contribution in [2.45, 2.75) is 31.8 Å². The molecule has 1 aliphatic rings. The molecule has 3 rings (SSSR count). The first-order valence-corrected chi connectivity index (χ1v) is 6.55. The summed E-state index contributed by atoms with van der Waals surface area (Å²) < 4.78 is 10.9. The monoisotopic (exact) mass is 260 g/mol. The van der Waals surface area contributed by atoms with Crippen molar-refractivity contribution >= 4 is 0 Å². The zero-order valence-corrected chi connectivity index (χ0v) is 10.6. The maximum atomic E-state index is 9.24. The molecule has 0 bridgehead atoms. The fourth-order valence-corrected chi connectivity index (χ4v) is 2.23. The minimum Gasteiger partial charge on any atom is -0.508 e. The van der Waals surface area contributed by atoms with E-state index in [-0.39, 0.29) is 11.9 Å². The van der Waals surface area contributed by atoms with Gasteiger partial charge >= 0.3 is 0 Å². The van der Waals surface area contributed by atoms with Crippen LogP contribution in [0, 0.1) is 0 Å². The molecule has 19 heavy (non-hydrogen) atoms. The van der Waals surface area contributed by atoms with Crippen molar-refractivity contribution in [3.8, 4) is 17.1 Å². The number of rotatable bonds is 3. The van der Waals surface area contributed by atoms with Crippen LogP contribution >= 0.6 is 0 Å². The number of phenolic OH excluding ortho intramolecular Hbond substituents is 1. The van der Waals surface area contributed by atoms with Gasteiger partial charge in [0.05, 0.1) is 12.5 Å². The summed E-state index contributed by atoms with van der Waals surface area (Å²) >= 11 is 0. The molecule has 0 radical (unpaired) electrons. The van der Waals surface area contributed by atoms with Crippen LogP contribution in [0.1, 0.15) is 25.2 Å². The molecule has 0 aliphatic carbocycles. The maximum absolute atomic E-state index is 9.24. The Kier molecular flexibility index (Phi) is 3.46. The zero-order valence-electron chi connectivity index (χ0n) is 10.6. The number of hydrogen-bond acceptors (Lipinski definition) is 5. The van der Waals surface area contributed by atoms with E-state index in [1.54, 1.807) is 24.3 Å². The lowest BCUT2D eigenvalue weighted by Gasteiger charge is -2.20. The number of phenols is 1. The van der Waals surface area contributed by atoms with Crippen molar-refractivity contribution in [2.75, 3.05) is 6.61 Å². The van der Waals surface area contributed by atoms with E-state index in [4.69, 9.17) is 9.26 Å². The molecular weight excluding hydrogens is 244 g/mol. The highest BCUT2D eigenvalue weighted by Crippen LogP contribution is 2.21. The standard InChI is InChI=1S/C14H16N2O3/c17-11-6-4-10(5-7-11)14-15-13(19-16-14)9-12-3-1-2-8-18-12/h4-7,12,17H,1-3,8-9H2. The lowest BCUT2D eigenvalue weighted by molar-refractivity contribution is 0.0124. The number of aromatic nitrogens is 2. The maximum Gasteiger partial charge on any atom is 0.229 e. The van der Waals surface area contributed by atoms with Crippen molar-refractivity contribution < 1.29 is 14.4 Å². The van der Waals surface area contributed by atoms with Gasteiger partial charge in [0, 0.05) is 12.2 Å². The van der Waals surface area contributed by atoms with Gasteiger partial charge in [0.25, 0.3) is 0 Å². The van der Waals surface area contributed by atoms with E-state index in [0.717, 1.165) is 25.0 Å². The Balaban J connectivity index is 1.70. The summed E-state index contributed by atoms with van der Waals surface area (Å²) in [5.41, 5.74) is 0.831. The topological polar surface area (TPSA) is 68.4 Å². The highest BCUT2D eigenvalue weighted by Gasteiger charge is 2.18. The van der Waals surface area contributed by atoms with Crippen molar-refractivity contribution in [2.24, 2.45) is 0 Å². The predicted molar refractivity (Wildman–Crippen MR) is 68.7 cm³/mol. The molecule has 1 aliphatic heterocycles. The molecule has 0 saturated carbocycles. The van der Waals surface area contributed by atoms with Crippen LogP contribution in [0.15, 0.2) is 28.8 Å². The molecule has 0 amide bonds. The largest absolute Gasteiger partial charge is 0.508 e. The van der Waals surface area contributed by atoms with Crippen LogP contribution in [0.5, 0.6) is 5.75 Å². The smallest absolute Gasteiger partial charge is 0.229 e. The highest BCUT2D eigenvalue weighted by molar-refractivity contribution is 5.55. The second kappa shape index (κ2) is 5.40. The van der Waals surface area contributed by atoms with E-state index >= 15 is 0 Å². The molecule has 2 aromatic rings. The second-order valence-electron chi connectivity index (χ2n) is 4.75. The Morgan fingerprint density at radius 2 is 2.05 bits per heavy atom. The molecule has 1 fully saturated rings. The molecular formula is C14H16N2O3. The fourth-order valence-electron chi connectivity index (χ4n) is 2.23. The average Bonchev–Trinajstić information content (AvgIpc) is 2.89. The summed E-state index contributed by atoms with van der Waals surface area (Å²) in [6.45, 7) is 0.823. The van der Waals surface area contributed by atoms with Crippen LogP contribution in [-0.4, -0.2) is 28.0 Å². The van der Waals surface area contributed by atoms with Gasteiger partial charge in [-0.3, -0.25) is 0 Å². The molecule has 1 aromatic carbocycles. The fraction of sp³-hybridized carbons (Fsp3) is 0.429. The van der Waals surface area contributed by atoms with Crippen molar-refractivity contribution in [3.63, 3.8) is 0 Å². The van der Waals surface area contributed by atoms with Crippen LogP contribution in [0.25, 0.3) is 11.4 Å². The zero-order chi connectivity index (χ0) is 13.1. The van der Waals surface area contributed by atoms with Gasteiger partial charge in [-0.2, -0.15) is 4.98 Å². The number of aromatic hydroxyl groups is 1. The SMILES string of the molecule is Oc1ccc(-c2noc(CC3CCCCO3)n2)cc1. The van der Waals surface area contributed by atoms with Crippen LogP contribution in [0.3, 0.4) is 0 Å². The first-order valence-electron chi connectivity index (χ1n) is 6.55. The molecule has 100 valence electrons. The first kappa shape index (κ1) is 12.2. The summed E-state index contributed by atoms with van der Waals surface area (Å²) in [6, 6.07) is 6.74. The second-order valence-corrected chi connectivity index (χ2v) is 4.75. The van der Waals surface area contributed by atoms with Gasteiger partial charge in [-0.15, -0.1) is 0 Å². The molecule has 1 unspecified atom stereocenters. The molecule has 1 N–H and O–H groups in total. The van der Waals surface area contributed by atoms with Crippen molar-refractivity contribution in [3.05, 3.63) is 30.2 Å². The lowest BCUT2D eigenvalue weighted by atomic mass is 10.1. The quantitative estimate of drug-likeness (QED) is 0.918. The van der Waals surface area contributed by atoms with Gasteiger partial charge in [-0.25, -0.2) is 0 Å². The number of hydrogen-bond donors (Lipinski definition) is 1. The Labute approximate surface area is 111 Å². The van der Waals surface area contributed by atoms with Gasteiger partial charge in [-0.05, 0) is 43.5 Å². The molecule has 5 heteroatoms. The summed E-state index contributed by atoms with van der Waals surface area (Å²) in [7, 11) is 0. The summed E-state index contributed by atoms with van der Waals surface area (Å²) in [5, 5.41) is 13.2. The van der Waals surface area contributed by atoms with E-state index in [1.165, 1.54) is 6.42 Å². The predicted octanol–water partition coefficient (Wildman–Crippen LogP) is 2.55. The van der Waals surface area contributed by atoms with E-state index < -0.39 is 0 Å². The van der Waals surface area contributed by atoms with Crippen LogP contribution in [-0.2, 0) is 11.2 Å². The van der Waals surface area contributed by atoms with Crippen LogP contribution in [0.2, 0.25) is 0 Å². The molecule has 2 heterocycles. The third-order valence-corrected chi connectivity index (χ3v) is 3.27. The Morgan fingerprint density at radius 3 is 2.79 bits per heavy atom. The third-order valence-electron chi connectivity index (χ3n) is 3.27. The van der Waals surface area contributed by atoms with E-state index in [9.17, 15) is 5.11 Å². The normalized spacial score (nSPS) is 19.5. The summed E-state index contributed by atoms with van der Waals surface area (Å²) in [4.78, 5) is 4.36. The lowest BCUT2D eigenvalue weighted by Crippen LogP contribution is -2.21. The number of ether oxygens (including phenoxy) is 1. The Hall–Kier alpha value is -1.88. The summed E-state index contributed by atoms with van der Waals surface area (Å²) in [6.07, 6.45) is 4.26. The summed E-state index contributed by atoms with van der Waals surface area (Å²) in [5.74, 6) is 1.38. The van der Waals surface area contributed by atoms with Crippen LogP contribution in [0.4, 0.5) is 0 Å². The van der Waals surface area contributed by atoms with E-state index in [2.05, 4.69) is 10.1 Å². The van der Waals surface area contributed by atoms with Gasteiger partial charge in [0.1, 0.15) is 5.75 Å². The van der Waals surface area contributed by atoms with Gasteiger partial charge in [0.15, 0.2) is 0 Å². The molecule has 0 spiro atoms. The Bertz CT molecular complexity index is 530. The van der Waals surface area contributed by atoms with E-state index in [1.807, 2.05) is 0 Å². The van der Waals surface area contributed by atoms with Crippen LogP contribution < -0.4 is 0 Å². The first-order chi connectivity index (χ1) is 9.31. The molecule has 1 aromatic heterocycles. The van der Waals surface area contributed by atoms with Crippen molar-refractivity contribution in [1.82, 2.24) is 10.1 Å².